The molecular weight excluding hydrogens is 288 g/mol. The van der Waals surface area contributed by atoms with E-state index >= 15 is 0 Å². The molecule has 0 N–H and O–H groups in total. The van der Waals surface area contributed by atoms with Crippen LogP contribution < -0.4 is 0 Å². The second kappa shape index (κ2) is 5.58. The smallest absolute Gasteiger partial charge is 0.272 e. The van der Waals surface area contributed by atoms with Crippen molar-refractivity contribution < 1.29 is 4.92 Å². The van der Waals surface area contributed by atoms with Gasteiger partial charge in [-0.25, -0.2) is 0 Å². The molecule has 4 nitrogen and oxygen atoms in total. The highest BCUT2D eigenvalue weighted by atomic mass is 35.5. The van der Waals surface area contributed by atoms with Gasteiger partial charge >= 0.3 is 0 Å². The predicted octanol–water partition coefficient (Wildman–Crippen LogP) is 4.45. The number of hydrogen-bond donors (Lipinski definition) is 0. The minimum absolute atomic E-state index is 0.173. The minimum atomic E-state index is -0.333. The number of nitrogens with zero attached hydrogens (tertiary/aromatic N) is 2. The first kappa shape index (κ1) is 13.6. The van der Waals surface area contributed by atoms with Crippen molar-refractivity contribution in [1.82, 2.24) is 4.57 Å². The average Bonchev–Trinajstić information content (AvgIpc) is 2.87. The molecule has 21 heavy (non-hydrogen) atoms. The Morgan fingerprint density at radius 1 is 1.14 bits per heavy atom. The Hall–Kier alpha value is -2.33. The third-order valence-corrected chi connectivity index (χ3v) is 3.78. The molecule has 3 aromatic rings. The number of fused-ring (bicyclic) bond motifs is 1. The van der Waals surface area contributed by atoms with Crippen molar-refractivity contribution in [3.8, 4) is 0 Å². The molecule has 3 rings (SSSR count). The van der Waals surface area contributed by atoms with Gasteiger partial charge in [0.05, 0.1) is 4.92 Å². The van der Waals surface area contributed by atoms with E-state index in [9.17, 15) is 10.1 Å². The summed E-state index contributed by atoms with van der Waals surface area (Å²) in [5.41, 5.74) is 1.96. The summed E-state index contributed by atoms with van der Waals surface area (Å²) in [4.78, 5) is 10.7. The van der Waals surface area contributed by atoms with Crippen molar-refractivity contribution in [1.29, 1.82) is 0 Å². The van der Waals surface area contributed by atoms with E-state index in [1.54, 1.807) is 18.2 Å². The molecule has 0 aliphatic rings. The summed E-state index contributed by atoms with van der Waals surface area (Å²) < 4.78 is 2.07. The van der Waals surface area contributed by atoms with Gasteiger partial charge in [0.25, 0.3) is 5.69 Å². The quantitative estimate of drug-likeness (QED) is 0.528. The Balaban J connectivity index is 1.87. The summed E-state index contributed by atoms with van der Waals surface area (Å²) in [7, 11) is 0. The fourth-order valence-electron chi connectivity index (χ4n) is 2.49. The van der Waals surface area contributed by atoms with E-state index < -0.39 is 0 Å². The van der Waals surface area contributed by atoms with Crippen LogP contribution in [0.25, 0.3) is 10.9 Å². The second-order valence-electron chi connectivity index (χ2n) is 4.85. The van der Waals surface area contributed by atoms with Gasteiger partial charge in [-0.3, -0.25) is 10.1 Å². The van der Waals surface area contributed by atoms with E-state index in [4.69, 9.17) is 11.6 Å². The zero-order valence-electron chi connectivity index (χ0n) is 11.2. The lowest BCUT2D eigenvalue weighted by Gasteiger charge is -2.06. The van der Waals surface area contributed by atoms with E-state index in [0.717, 1.165) is 16.5 Å². The first-order valence-electron chi connectivity index (χ1n) is 6.62. The first-order chi connectivity index (χ1) is 10.1. The Bertz CT molecular complexity index is 811. The van der Waals surface area contributed by atoms with Crippen LogP contribution in [0.5, 0.6) is 0 Å². The minimum Gasteiger partial charge on any atom is -0.347 e. The number of aromatic nitrogens is 1. The second-order valence-corrected chi connectivity index (χ2v) is 5.28. The molecule has 106 valence electrons. The Labute approximate surface area is 126 Å². The van der Waals surface area contributed by atoms with Crippen molar-refractivity contribution in [2.45, 2.75) is 13.0 Å². The summed E-state index contributed by atoms with van der Waals surface area (Å²) in [5.74, 6) is 0. The van der Waals surface area contributed by atoms with Crippen LogP contribution in [0.4, 0.5) is 5.69 Å². The van der Waals surface area contributed by atoms with Crippen LogP contribution in [0.15, 0.2) is 54.7 Å². The van der Waals surface area contributed by atoms with Gasteiger partial charge < -0.3 is 4.57 Å². The van der Waals surface area contributed by atoms with E-state index in [0.29, 0.717) is 18.0 Å². The Morgan fingerprint density at radius 2 is 1.95 bits per heavy atom. The summed E-state index contributed by atoms with van der Waals surface area (Å²) in [6.45, 7) is 0.675. The predicted molar refractivity (Wildman–Crippen MR) is 83.7 cm³/mol. The standard InChI is InChI=1S/C16H13ClN2O2/c17-14-6-5-13-8-10-18(16(13)11-14)9-7-12-3-1-2-4-15(12)19(20)21/h1-6,8,10-11H,7,9H2. The highest BCUT2D eigenvalue weighted by Crippen LogP contribution is 2.23. The Morgan fingerprint density at radius 3 is 2.76 bits per heavy atom. The molecule has 0 radical (unpaired) electrons. The third-order valence-electron chi connectivity index (χ3n) is 3.55. The molecule has 0 bridgehead atoms. The fourth-order valence-corrected chi connectivity index (χ4v) is 2.66. The summed E-state index contributed by atoms with van der Waals surface area (Å²) in [5, 5.41) is 12.8. The van der Waals surface area contributed by atoms with E-state index in [2.05, 4.69) is 4.57 Å². The number of halogens is 1. The fraction of sp³-hybridized carbons (Fsp3) is 0.125. The van der Waals surface area contributed by atoms with Crippen molar-refractivity contribution >= 4 is 28.2 Å². The first-order valence-corrected chi connectivity index (χ1v) is 6.99. The molecule has 2 aromatic carbocycles. The van der Waals surface area contributed by atoms with Crippen LogP contribution >= 0.6 is 11.6 Å². The SMILES string of the molecule is O=[N+]([O-])c1ccccc1CCn1ccc2ccc(Cl)cc21. The van der Waals surface area contributed by atoms with Gasteiger partial charge in [-0.15, -0.1) is 0 Å². The molecule has 1 aromatic heterocycles. The van der Waals surface area contributed by atoms with E-state index in [1.165, 1.54) is 0 Å². The van der Waals surface area contributed by atoms with Crippen LogP contribution in [0.1, 0.15) is 5.56 Å². The van der Waals surface area contributed by atoms with Gasteiger partial charge in [0.1, 0.15) is 0 Å². The number of rotatable bonds is 4. The van der Waals surface area contributed by atoms with Crippen LogP contribution in [-0.4, -0.2) is 9.49 Å². The van der Waals surface area contributed by atoms with Crippen molar-refractivity contribution in [2.24, 2.45) is 0 Å². The molecule has 1 heterocycles. The molecule has 0 unspecified atom stereocenters. The summed E-state index contributed by atoms with van der Waals surface area (Å²) in [6, 6.07) is 14.6. The molecule has 0 aliphatic heterocycles. The van der Waals surface area contributed by atoms with Crippen LogP contribution in [0.2, 0.25) is 5.02 Å². The molecule has 5 heteroatoms. The normalized spacial score (nSPS) is 10.9. The van der Waals surface area contributed by atoms with Gasteiger partial charge in [-0.2, -0.15) is 0 Å². The molecule has 0 aliphatic carbocycles. The molecule has 0 amide bonds. The number of nitro groups is 1. The Kier molecular flexibility index (Phi) is 3.62. The highest BCUT2D eigenvalue weighted by molar-refractivity contribution is 6.31. The van der Waals surface area contributed by atoms with E-state index in [-0.39, 0.29) is 10.6 Å². The largest absolute Gasteiger partial charge is 0.347 e. The molecule has 0 fully saturated rings. The lowest BCUT2D eigenvalue weighted by Crippen LogP contribution is -2.02. The van der Waals surface area contributed by atoms with Crippen LogP contribution in [0, 0.1) is 10.1 Å². The summed E-state index contributed by atoms with van der Waals surface area (Å²) >= 11 is 6.03. The molecule has 0 atom stereocenters. The lowest BCUT2D eigenvalue weighted by molar-refractivity contribution is -0.385. The van der Waals surface area contributed by atoms with Gasteiger partial charge in [0.15, 0.2) is 0 Å². The molecular formula is C16H13ClN2O2. The molecule has 0 saturated heterocycles. The number of hydrogen-bond acceptors (Lipinski definition) is 2. The van der Waals surface area contributed by atoms with Crippen molar-refractivity contribution in [2.75, 3.05) is 0 Å². The highest BCUT2D eigenvalue weighted by Gasteiger charge is 2.12. The number of para-hydroxylation sites is 1. The van der Waals surface area contributed by atoms with Gasteiger partial charge in [-0.1, -0.05) is 35.9 Å². The monoisotopic (exact) mass is 300 g/mol. The average molecular weight is 301 g/mol. The topological polar surface area (TPSA) is 48.1 Å². The van der Waals surface area contributed by atoms with Crippen LogP contribution in [0.3, 0.4) is 0 Å². The maximum atomic E-state index is 11.0. The van der Waals surface area contributed by atoms with Crippen LogP contribution in [-0.2, 0) is 13.0 Å². The zero-order valence-corrected chi connectivity index (χ0v) is 12.0. The number of aryl methyl sites for hydroxylation is 2. The summed E-state index contributed by atoms with van der Waals surface area (Å²) in [6.07, 6.45) is 2.59. The molecule has 0 saturated carbocycles. The zero-order chi connectivity index (χ0) is 14.8. The van der Waals surface area contributed by atoms with Gasteiger partial charge in [-0.05, 0) is 30.0 Å². The van der Waals surface area contributed by atoms with Crippen molar-refractivity contribution in [3.63, 3.8) is 0 Å². The third kappa shape index (κ3) is 2.76. The van der Waals surface area contributed by atoms with Gasteiger partial charge in [0.2, 0.25) is 0 Å². The number of nitro benzene ring substituents is 1. The number of benzene rings is 2. The van der Waals surface area contributed by atoms with Crippen molar-refractivity contribution in [3.05, 3.63) is 75.4 Å². The lowest BCUT2D eigenvalue weighted by atomic mass is 10.1. The maximum Gasteiger partial charge on any atom is 0.272 e. The van der Waals surface area contributed by atoms with Gasteiger partial charge in [0, 0.05) is 34.9 Å². The maximum absolute atomic E-state index is 11.0. The molecule has 0 spiro atoms. The van der Waals surface area contributed by atoms with E-state index in [1.807, 2.05) is 36.5 Å².